The monoisotopic (exact) mass is 281 g/mol. The summed E-state index contributed by atoms with van der Waals surface area (Å²) in [5, 5.41) is 3.55. The number of hydrogen-bond donors (Lipinski definition) is 1. The lowest BCUT2D eigenvalue weighted by Gasteiger charge is -2.14. The lowest BCUT2D eigenvalue weighted by molar-refractivity contribution is 0.734. The molecule has 1 unspecified atom stereocenters. The van der Waals surface area contributed by atoms with Gasteiger partial charge in [-0.2, -0.15) is 0 Å². The summed E-state index contributed by atoms with van der Waals surface area (Å²) >= 11 is 0. The van der Waals surface area contributed by atoms with Crippen molar-refractivity contribution in [2.24, 2.45) is 0 Å². The Balaban J connectivity index is 2.07. The fraction of sp³-hybridized carbons (Fsp3) is 0.400. The predicted molar refractivity (Wildman–Crippen MR) is 93.1 cm³/mol. The van der Waals surface area contributed by atoms with Crippen LogP contribution in [0.5, 0.6) is 0 Å². The molecule has 0 aromatic heterocycles. The van der Waals surface area contributed by atoms with Gasteiger partial charge in [-0.3, -0.25) is 0 Å². The Labute approximate surface area is 129 Å². The molecule has 1 atom stereocenters. The topological polar surface area (TPSA) is 12.0 Å². The summed E-state index contributed by atoms with van der Waals surface area (Å²) in [6, 6.07) is 13.4. The highest BCUT2D eigenvalue weighted by molar-refractivity contribution is 5.47. The van der Waals surface area contributed by atoms with Gasteiger partial charge >= 0.3 is 0 Å². The second-order valence-electron chi connectivity index (χ2n) is 6.16. The molecule has 0 bridgehead atoms. The first kappa shape index (κ1) is 15.6. The Morgan fingerprint density at radius 2 is 1.52 bits per heavy atom. The van der Waals surface area contributed by atoms with Gasteiger partial charge in [0.15, 0.2) is 0 Å². The molecule has 0 saturated carbocycles. The second kappa shape index (κ2) is 6.80. The van der Waals surface area contributed by atoms with Gasteiger partial charge in [-0.15, -0.1) is 0 Å². The summed E-state index contributed by atoms with van der Waals surface area (Å²) in [5.41, 5.74) is 8.11. The van der Waals surface area contributed by atoms with Gasteiger partial charge in [-0.05, 0) is 67.5 Å². The molecule has 0 aliphatic rings. The van der Waals surface area contributed by atoms with Crippen LogP contribution < -0.4 is 5.32 Å². The second-order valence-corrected chi connectivity index (χ2v) is 6.16. The third kappa shape index (κ3) is 3.87. The van der Waals surface area contributed by atoms with Crippen molar-refractivity contribution in [1.29, 1.82) is 0 Å². The normalized spacial score (nSPS) is 12.2. The van der Waals surface area contributed by atoms with Gasteiger partial charge < -0.3 is 5.32 Å². The van der Waals surface area contributed by atoms with Gasteiger partial charge in [0, 0.05) is 12.2 Å². The lowest BCUT2D eigenvalue weighted by Crippen LogP contribution is -2.04. The van der Waals surface area contributed by atoms with Crippen LogP contribution in [0.1, 0.15) is 54.0 Å². The maximum atomic E-state index is 3.55. The van der Waals surface area contributed by atoms with Crippen LogP contribution in [-0.4, -0.2) is 0 Å². The van der Waals surface area contributed by atoms with E-state index in [0.29, 0.717) is 5.92 Å². The molecular formula is C20H27N. The summed E-state index contributed by atoms with van der Waals surface area (Å²) in [4.78, 5) is 0. The highest BCUT2D eigenvalue weighted by Crippen LogP contribution is 2.22. The van der Waals surface area contributed by atoms with E-state index in [4.69, 9.17) is 0 Å². The van der Waals surface area contributed by atoms with Crippen molar-refractivity contribution in [3.8, 4) is 0 Å². The summed E-state index contributed by atoms with van der Waals surface area (Å²) < 4.78 is 0. The van der Waals surface area contributed by atoms with E-state index >= 15 is 0 Å². The van der Waals surface area contributed by atoms with Crippen LogP contribution in [0.2, 0.25) is 0 Å². The van der Waals surface area contributed by atoms with E-state index in [2.05, 4.69) is 76.3 Å². The zero-order valence-electron chi connectivity index (χ0n) is 14.0. The first-order valence-corrected chi connectivity index (χ1v) is 7.91. The molecule has 0 aliphatic carbocycles. The van der Waals surface area contributed by atoms with E-state index in [1.165, 1.54) is 39.9 Å². The zero-order valence-corrected chi connectivity index (χ0v) is 14.0. The number of anilines is 1. The van der Waals surface area contributed by atoms with Crippen molar-refractivity contribution in [3.63, 3.8) is 0 Å². The minimum absolute atomic E-state index is 0.639. The fourth-order valence-corrected chi connectivity index (χ4v) is 2.84. The quantitative estimate of drug-likeness (QED) is 0.737. The van der Waals surface area contributed by atoms with Crippen molar-refractivity contribution in [3.05, 3.63) is 64.2 Å². The SMILES string of the molecule is CCC(C)c1ccc(NCc2c(C)cc(C)cc2C)cc1. The summed E-state index contributed by atoms with van der Waals surface area (Å²) in [6.45, 7) is 12.0. The molecule has 0 fully saturated rings. The largest absolute Gasteiger partial charge is 0.381 e. The van der Waals surface area contributed by atoms with Gasteiger partial charge in [0.1, 0.15) is 0 Å². The van der Waals surface area contributed by atoms with E-state index in [0.717, 1.165) is 6.54 Å². The molecule has 0 amide bonds. The molecule has 2 rings (SSSR count). The molecular weight excluding hydrogens is 254 g/mol. The Hall–Kier alpha value is -1.76. The van der Waals surface area contributed by atoms with Crippen LogP contribution in [-0.2, 0) is 6.54 Å². The maximum Gasteiger partial charge on any atom is 0.0406 e. The average Bonchev–Trinajstić information content (AvgIpc) is 2.46. The Morgan fingerprint density at radius 3 is 2.05 bits per heavy atom. The van der Waals surface area contributed by atoms with Crippen molar-refractivity contribution >= 4 is 5.69 Å². The highest BCUT2D eigenvalue weighted by Gasteiger charge is 2.05. The third-order valence-corrected chi connectivity index (χ3v) is 4.40. The number of hydrogen-bond acceptors (Lipinski definition) is 1. The molecule has 1 nitrogen and oxygen atoms in total. The van der Waals surface area contributed by atoms with E-state index in [1.54, 1.807) is 0 Å². The molecule has 0 spiro atoms. The molecule has 2 aromatic carbocycles. The Kier molecular flexibility index (Phi) is 5.06. The Morgan fingerprint density at radius 1 is 0.952 bits per heavy atom. The average molecular weight is 281 g/mol. The van der Waals surface area contributed by atoms with E-state index in [9.17, 15) is 0 Å². The lowest BCUT2D eigenvalue weighted by atomic mass is 9.98. The van der Waals surface area contributed by atoms with Crippen LogP contribution >= 0.6 is 0 Å². The molecule has 0 aliphatic heterocycles. The van der Waals surface area contributed by atoms with Crippen molar-refractivity contribution < 1.29 is 0 Å². The van der Waals surface area contributed by atoms with E-state index in [1.807, 2.05) is 0 Å². The summed E-state index contributed by atoms with van der Waals surface area (Å²) in [5.74, 6) is 0.639. The molecule has 1 heteroatoms. The zero-order chi connectivity index (χ0) is 15.4. The molecule has 21 heavy (non-hydrogen) atoms. The standard InChI is InChI=1S/C20H27N/c1-6-15(3)18-7-9-19(10-8-18)21-13-20-16(4)11-14(2)12-17(20)5/h7-12,15,21H,6,13H2,1-5H3. The van der Waals surface area contributed by atoms with Gasteiger partial charge in [0.05, 0.1) is 0 Å². The highest BCUT2D eigenvalue weighted by atomic mass is 14.9. The Bertz CT molecular complexity index is 573. The fourth-order valence-electron chi connectivity index (χ4n) is 2.84. The first-order chi connectivity index (χ1) is 10.0. The van der Waals surface area contributed by atoms with E-state index in [-0.39, 0.29) is 0 Å². The number of rotatable bonds is 5. The molecule has 0 radical (unpaired) electrons. The maximum absolute atomic E-state index is 3.55. The number of benzene rings is 2. The smallest absolute Gasteiger partial charge is 0.0406 e. The predicted octanol–water partition coefficient (Wildman–Crippen LogP) is 5.74. The molecule has 112 valence electrons. The first-order valence-electron chi connectivity index (χ1n) is 7.91. The van der Waals surface area contributed by atoms with Crippen LogP contribution in [0.15, 0.2) is 36.4 Å². The minimum Gasteiger partial charge on any atom is -0.381 e. The number of aryl methyl sites for hydroxylation is 3. The van der Waals surface area contributed by atoms with Crippen LogP contribution in [0, 0.1) is 20.8 Å². The van der Waals surface area contributed by atoms with Gasteiger partial charge in [0.2, 0.25) is 0 Å². The van der Waals surface area contributed by atoms with Crippen molar-refractivity contribution in [2.75, 3.05) is 5.32 Å². The molecule has 0 saturated heterocycles. The van der Waals surface area contributed by atoms with Crippen molar-refractivity contribution in [1.82, 2.24) is 0 Å². The minimum atomic E-state index is 0.639. The van der Waals surface area contributed by atoms with Crippen LogP contribution in [0.25, 0.3) is 0 Å². The molecule has 2 aromatic rings. The van der Waals surface area contributed by atoms with Gasteiger partial charge in [0.25, 0.3) is 0 Å². The van der Waals surface area contributed by atoms with E-state index < -0.39 is 0 Å². The van der Waals surface area contributed by atoms with Crippen molar-refractivity contribution in [2.45, 2.75) is 53.5 Å². The van der Waals surface area contributed by atoms with Gasteiger partial charge in [-0.1, -0.05) is 43.7 Å². The summed E-state index contributed by atoms with van der Waals surface area (Å²) in [6.07, 6.45) is 1.19. The summed E-state index contributed by atoms with van der Waals surface area (Å²) in [7, 11) is 0. The number of nitrogens with one attached hydrogen (secondary N) is 1. The molecule has 1 N–H and O–H groups in total. The van der Waals surface area contributed by atoms with Gasteiger partial charge in [-0.25, -0.2) is 0 Å². The molecule has 0 heterocycles. The van der Waals surface area contributed by atoms with Crippen LogP contribution in [0.3, 0.4) is 0 Å². The third-order valence-electron chi connectivity index (χ3n) is 4.40. The van der Waals surface area contributed by atoms with Crippen LogP contribution in [0.4, 0.5) is 5.69 Å².